The summed E-state index contributed by atoms with van der Waals surface area (Å²) in [6.07, 6.45) is 6.24. The van der Waals surface area contributed by atoms with Gasteiger partial charge in [0, 0.05) is 11.4 Å². The van der Waals surface area contributed by atoms with Crippen LogP contribution in [0.25, 0.3) is 0 Å². The molecule has 0 radical (unpaired) electrons. The molecule has 1 saturated carbocycles. The molecule has 0 atom stereocenters. The van der Waals surface area contributed by atoms with Gasteiger partial charge in [0.25, 0.3) is 0 Å². The molecule has 21 heavy (non-hydrogen) atoms. The van der Waals surface area contributed by atoms with Gasteiger partial charge in [-0.05, 0) is 37.7 Å². The first-order valence-corrected chi connectivity index (χ1v) is 9.63. The first-order chi connectivity index (χ1) is 9.92. The summed E-state index contributed by atoms with van der Waals surface area (Å²) in [6, 6.07) is 1.19. The lowest BCUT2D eigenvalue weighted by Gasteiger charge is -2.28. The van der Waals surface area contributed by atoms with Crippen molar-refractivity contribution >= 4 is 27.3 Å². The van der Waals surface area contributed by atoms with Crippen molar-refractivity contribution in [3.8, 4) is 0 Å². The Hall–Kier alpha value is -0.920. The van der Waals surface area contributed by atoms with Crippen molar-refractivity contribution in [2.45, 2.75) is 55.7 Å². The standard InChI is InChI=1S/C14H21NO4S2/c1-2-3-10-4-6-12(7-5-10)15-21(18,19)13-8-11(9-20-13)14(16)17/h8-10,12,15H,2-7H2,1H3,(H,16,17). The number of sulfonamides is 1. The predicted octanol–water partition coefficient (Wildman–Crippen LogP) is 3.08. The van der Waals surface area contributed by atoms with Crippen LogP contribution in [0.5, 0.6) is 0 Å². The summed E-state index contributed by atoms with van der Waals surface area (Å²) >= 11 is 0.951. The van der Waals surface area contributed by atoms with Crippen LogP contribution in [0.1, 0.15) is 55.8 Å². The van der Waals surface area contributed by atoms with Gasteiger partial charge in [0.05, 0.1) is 5.56 Å². The van der Waals surface area contributed by atoms with Crippen molar-refractivity contribution in [3.05, 3.63) is 17.0 Å². The highest BCUT2D eigenvalue weighted by atomic mass is 32.2. The van der Waals surface area contributed by atoms with E-state index >= 15 is 0 Å². The quantitative estimate of drug-likeness (QED) is 0.839. The number of rotatable bonds is 6. The Kier molecular flexibility index (Phi) is 5.40. The van der Waals surface area contributed by atoms with E-state index in [0.717, 1.165) is 42.9 Å². The van der Waals surface area contributed by atoms with E-state index in [1.54, 1.807) is 0 Å². The topological polar surface area (TPSA) is 83.5 Å². The van der Waals surface area contributed by atoms with Gasteiger partial charge in [0.1, 0.15) is 4.21 Å². The van der Waals surface area contributed by atoms with Crippen molar-refractivity contribution in [3.63, 3.8) is 0 Å². The van der Waals surface area contributed by atoms with E-state index in [4.69, 9.17) is 5.11 Å². The molecule has 1 aliphatic rings. The number of carboxylic acids is 1. The predicted molar refractivity (Wildman–Crippen MR) is 82.3 cm³/mol. The second-order valence-corrected chi connectivity index (χ2v) is 8.44. The highest BCUT2D eigenvalue weighted by molar-refractivity contribution is 7.91. The number of aromatic carboxylic acids is 1. The largest absolute Gasteiger partial charge is 0.478 e. The molecule has 2 N–H and O–H groups in total. The minimum absolute atomic E-state index is 0.0204. The summed E-state index contributed by atoms with van der Waals surface area (Å²) in [7, 11) is -3.60. The highest BCUT2D eigenvalue weighted by Gasteiger charge is 2.26. The minimum Gasteiger partial charge on any atom is -0.478 e. The van der Waals surface area contributed by atoms with Gasteiger partial charge in [-0.2, -0.15) is 0 Å². The van der Waals surface area contributed by atoms with Gasteiger partial charge in [0.2, 0.25) is 10.0 Å². The highest BCUT2D eigenvalue weighted by Crippen LogP contribution is 2.29. The van der Waals surface area contributed by atoms with Gasteiger partial charge < -0.3 is 5.11 Å². The molecule has 0 amide bonds. The van der Waals surface area contributed by atoms with E-state index < -0.39 is 16.0 Å². The van der Waals surface area contributed by atoms with Crippen molar-refractivity contribution in [1.82, 2.24) is 4.72 Å². The molecular weight excluding hydrogens is 310 g/mol. The molecule has 1 aliphatic carbocycles. The molecular formula is C14H21NO4S2. The van der Waals surface area contributed by atoms with Crippen LogP contribution < -0.4 is 4.72 Å². The Morgan fingerprint density at radius 3 is 2.57 bits per heavy atom. The van der Waals surface area contributed by atoms with E-state index in [9.17, 15) is 13.2 Å². The third-order valence-corrected chi connectivity index (χ3v) is 6.91. The number of thiophene rings is 1. The van der Waals surface area contributed by atoms with Gasteiger partial charge in [-0.1, -0.05) is 19.8 Å². The van der Waals surface area contributed by atoms with Crippen LogP contribution in [0.3, 0.4) is 0 Å². The lowest BCUT2D eigenvalue weighted by molar-refractivity contribution is 0.0697. The van der Waals surface area contributed by atoms with Crippen molar-refractivity contribution in [2.24, 2.45) is 5.92 Å². The van der Waals surface area contributed by atoms with Crippen LogP contribution in [0, 0.1) is 5.92 Å². The molecule has 0 aliphatic heterocycles. The van der Waals surface area contributed by atoms with Gasteiger partial charge in [0.15, 0.2) is 0 Å². The fraction of sp³-hybridized carbons (Fsp3) is 0.643. The number of hydrogen-bond donors (Lipinski definition) is 2. The molecule has 1 heterocycles. The molecule has 0 saturated heterocycles. The SMILES string of the molecule is CCCC1CCC(NS(=O)(=O)c2cc(C(=O)O)cs2)CC1. The third kappa shape index (κ3) is 4.28. The van der Waals surface area contributed by atoms with E-state index in [1.165, 1.54) is 24.3 Å². The number of carboxylic acid groups (broad SMARTS) is 1. The molecule has 1 aromatic rings. The lowest BCUT2D eigenvalue weighted by Crippen LogP contribution is -2.37. The van der Waals surface area contributed by atoms with Crippen LogP contribution in [-0.2, 0) is 10.0 Å². The van der Waals surface area contributed by atoms with Crippen LogP contribution in [0.2, 0.25) is 0 Å². The molecule has 118 valence electrons. The smallest absolute Gasteiger partial charge is 0.336 e. The summed E-state index contributed by atoms with van der Waals surface area (Å²) < 4.78 is 27.3. The Balaban J connectivity index is 1.96. The maximum atomic E-state index is 12.2. The fourth-order valence-corrected chi connectivity index (χ4v) is 5.30. The molecule has 0 aromatic carbocycles. The van der Waals surface area contributed by atoms with Crippen molar-refractivity contribution in [1.29, 1.82) is 0 Å². The van der Waals surface area contributed by atoms with E-state index in [-0.39, 0.29) is 15.8 Å². The Morgan fingerprint density at radius 1 is 1.38 bits per heavy atom. The third-order valence-electron chi connectivity index (χ3n) is 3.95. The maximum Gasteiger partial charge on any atom is 0.336 e. The van der Waals surface area contributed by atoms with Gasteiger partial charge in [-0.15, -0.1) is 11.3 Å². The van der Waals surface area contributed by atoms with Crippen LogP contribution >= 0.6 is 11.3 Å². The lowest BCUT2D eigenvalue weighted by atomic mass is 9.84. The molecule has 7 heteroatoms. The molecule has 1 fully saturated rings. The summed E-state index contributed by atoms with van der Waals surface area (Å²) in [5.41, 5.74) is 0.0204. The summed E-state index contributed by atoms with van der Waals surface area (Å²) in [4.78, 5) is 10.8. The average Bonchev–Trinajstić information content (AvgIpc) is 2.92. The van der Waals surface area contributed by atoms with E-state index in [2.05, 4.69) is 11.6 Å². The van der Waals surface area contributed by atoms with Gasteiger partial charge in [-0.25, -0.2) is 17.9 Å². The van der Waals surface area contributed by atoms with Crippen LogP contribution in [0.15, 0.2) is 15.7 Å². The van der Waals surface area contributed by atoms with E-state index in [1.807, 2.05) is 0 Å². The van der Waals surface area contributed by atoms with E-state index in [0.29, 0.717) is 0 Å². The fourth-order valence-electron chi connectivity index (χ4n) is 2.82. The first-order valence-electron chi connectivity index (χ1n) is 7.26. The second-order valence-electron chi connectivity index (χ2n) is 5.59. The Labute approximate surface area is 129 Å². The number of hydrogen-bond acceptors (Lipinski definition) is 4. The zero-order valence-electron chi connectivity index (χ0n) is 12.0. The molecule has 0 unspecified atom stereocenters. The summed E-state index contributed by atoms with van der Waals surface area (Å²) in [5.74, 6) is -0.385. The first kappa shape index (κ1) is 16.5. The molecule has 2 rings (SSSR count). The molecule has 0 spiro atoms. The van der Waals surface area contributed by atoms with Crippen LogP contribution in [-0.4, -0.2) is 25.5 Å². The monoisotopic (exact) mass is 331 g/mol. The maximum absolute atomic E-state index is 12.2. The number of nitrogens with one attached hydrogen (secondary N) is 1. The minimum atomic E-state index is -3.60. The number of carbonyl (C=O) groups is 1. The second kappa shape index (κ2) is 6.89. The van der Waals surface area contributed by atoms with Gasteiger partial charge >= 0.3 is 5.97 Å². The van der Waals surface area contributed by atoms with Crippen molar-refractivity contribution < 1.29 is 18.3 Å². The van der Waals surface area contributed by atoms with Crippen molar-refractivity contribution in [2.75, 3.05) is 0 Å². The molecule has 0 bridgehead atoms. The van der Waals surface area contributed by atoms with Crippen LogP contribution in [0.4, 0.5) is 0 Å². The Bertz CT molecular complexity index is 586. The Morgan fingerprint density at radius 2 is 2.05 bits per heavy atom. The summed E-state index contributed by atoms with van der Waals surface area (Å²) in [5, 5.41) is 10.2. The molecule has 5 nitrogen and oxygen atoms in total. The normalized spacial score (nSPS) is 23.1. The molecule has 1 aromatic heterocycles. The summed E-state index contributed by atoms with van der Waals surface area (Å²) in [6.45, 7) is 2.17. The zero-order valence-corrected chi connectivity index (χ0v) is 13.7. The van der Waals surface area contributed by atoms with Gasteiger partial charge in [-0.3, -0.25) is 0 Å². The zero-order chi connectivity index (χ0) is 15.5. The average molecular weight is 331 g/mol.